The number of carbonyl (C=O) groups is 1. The molecule has 180 valence electrons. The summed E-state index contributed by atoms with van der Waals surface area (Å²) in [5.74, 6) is 1.05. The summed E-state index contributed by atoms with van der Waals surface area (Å²) in [4.78, 5) is 22.7. The predicted molar refractivity (Wildman–Crippen MR) is 130 cm³/mol. The monoisotopic (exact) mass is 462 g/mol. The van der Waals surface area contributed by atoms with Gasteiger partial charge in [0.25, 0.3) is 5.91 Å². The fourth-order valence-electron chi connectivity index (χ4n) is 5.95. The normalized spacial score (nSPS) is 23.9. The topological polar surface area (TPSA) is 97.6 Å². The first-order valence-electron chi connectivity index (χ1n) is 12.8. The van der Waals surface area contributed by atoms with Crippen LogP contribution in [0.3, 0.4) is 0 Å². The third-order valence-corrected chi connectivity index (χ3v) is 7.80. The quantitative estimate of drug-likeness (QED) is 0.639. The Kier molecular flexibility index (Phi) is 5.51. The Morgan fingerprint density at radius 3 is 2.68 bits per heavy atom. The second-order valence-electron chi connectivity index (χ2n) is 10.3. The molecule has 1 amide bonds. The average Bonchev–Trinajstić information content (AvgIpc) is 3.64. The van der Waals surface area contributed by atoms with Gasteiger partial charge in [0.05, 0.1) is 29.5 Å². The van der Waals surface area contributed by atoms with Gasteiger partial charge in [-0.2, -0.15) is 10.2 Å². The molecular formula is C25H34N8O. The van der Waals surface area contributed by atoms with Gasteiger partial charge in [0, 0.05) is 49.7 Å². The van der Waals surface area contributed by atoms with Crippen molar-refractivity contribution in [1.82, 2.24) is 29.3 Å². The van der Waals surface area contributed by atoms with Crippen molar-refractivity contribution in [3.8, 4) is 0 Å². The Bertz CT molecular complexity index is 1190. The second kappa shape index (κ2) is 8.69. The van der Waals surface area contributed by atoms with E-state index in [4.69, 9.17) is 15.8 Å². The third-order valence-electron chi connectivity index (χ3n) is 7.80. The average molecular weight is 463 g/mol. The number of carbonyl (C=O) groups excluding carboxylic acids is 1. The lowest BCUT2D eigenvalue weighted by molar-refractivity contribution is 0.0605. The zero-order valence-electron chi connectivity index (χ0n) is 19.9. The van der Waals surface area contributed by atoms with E-state index in [0.717, 1.165) is 80.9 Å². The maximum absolute atomic E-state index is 13.5. The fraction of sp³-hybridized carbons (Fsp3) is 0.600. The van der Waals surface area contributed by atoms with Gasteiger partial charge in [-0.3, -0.25) is 9.48 Å². The molecule has 2 atom stereocenters. The van der Waals surface area contributed by atoms with E-state index < -0.39 is 0 Å². The smallest absolute Gasteiger partial charge is 0.257 e. The SMILES string of the molecule is Cc1cn2nc([C@@H]3CCCCN3C(=O)c3cnn(C4CCCC4)c3)cc2nc1N1CC[C@H](N)C1. The molecule has 9 nitrogen and oxygen atoms in total. The van der Waals surface area contributed by atoms with Gasteiger partial charge in [-0.1, -0.05) is 12.8 Å². The van der Waals surface area contributed by atoms with Gasteiger partial charge < -0.3 is 15.5 Å². The van der Waals surface area contributed by atoms with E-state index in [9.17, 15) is 4.79 Å². The zero-order valence-corrected chi connectivity index (χ0v) is 19.9. The van der Waals surface area contributed by atoms with Crippen molar-refractivity contribution < 1.29 is 4.79 Å². The summed E-state index contributed by atoms with van der Waals surface area (Å²) in [7, 11) is 0. The van der Waals surface area contributed by atoms with Crippen LogP contribution < -0.4 is 10.6 Å². The number of aromatic nitrogens is 5. The highest BCUT2D eigenvalue weighted by atomic mass is 16.2. The van der Waals surface area contributed by atoms with Crippen molar-refractivity contribution in [3.05, 3.63) is 41.5 Å². The summed E-state index contributed by atoms with van der Waals surface area (Å²) in [5.41, 5.74) is 9.64. The number of nitrogens with two attached hydrogens (primary N) is 1. The Labute approximate surface area is 199 Å². The predicted octanol–water partition coefficient (Wildman–Crippen LogP) is 3.25. The lowest BCUT2D eigenvalue weighted by Crippen LogP contribution is -2.38. The van der Waals surface area contributed by atoms with Gasteiger partial charge in [0.2, 0.25) is 0 Å². The Balaban J connectivity index is 1.27. The summed E-state index contributed by atoms with van der Waals surface area (Å²) in [6.07, 6.45) is 14.6. The van der Waals surface area contributed by atoms with E-state index in [0.29, 0.717) is 11.6 Å². The molecule has 34 heavy (non-hydrogen) atoms. The van der Waals surface area contributed by atoms with Crippen LogP contribution in [0.5, 0.6) is 0 Å². The van der Waals surface area contributed by atoms with E-state index in [1.165, 1.54) is 12.8 Å². The minimum atomic E-state index is -0.0401. The standard InChI is InChI=1S/C25H34N8O/c1-17-14-33-23(28-24(17)30-11-9-19(26)16-30)12-21(29-33)22-8-4-5-10-31(22)25(34)18-13-27-32(15-18)20-6-2-3-7-20/h12-15,19-20,22H,2-11,16,26H2,1H3/t19-,22-/m0/s1. The van der Waals surface area contributed by atoms with E-state index in [2.05, 4.69) is 23.0 Å². The number of likely N-dealkylation sites (tertiary alicyclic amines) is 1. The van der Waals surface area contributed by atoms with Crippen molar-refractivity contribution in [3.63, 3.8) is 0 Å². The van der Waals surface area contributed by atoms with Crippen LogP contribution in [0.4, 0.5) is 5.82 Å². The number of anilines is 1. The van der Waals surface area contributed by atoms with Crippen LogP contribution in [0.1, 0.15) is 85.1 Å². The summed E-state index contributed by atoms with van der Waals surface area (Å²) >= 11 is 0. The van der Waals surface area contributed by atoms with E-state index >= 15 is 0 Å². The molecule has 9 heteroatoms. The number of piperidine rings is 1. The van der Waals surface area contributed by atoms with Gasteiger partial charge in [-0.05, 0) is 45.4 Å². The van der Waals surface area contributed by atoms with Crippen LogP contribution in [0, 0.1) is 6.92 Å². The first-order valence-corrected chi connectivity index (χ1v) is 12.8. The lowest BCUT2D eigenvalue weighted by atomic mass is 9.98. The molecule has 2 N–H and O–H groups in total. The molecule has 0 aromatic carbocycles. The molecule has 0 radical (unpaired) electrons. The number of fused-ring (bicyclic) bond motifs is 1. The molecule has 1 aliphatic carbocycles. The Morgan fingerprint density at radius 2 is 1.88 bits per heavy atom. The lowest BCUT2D eigenvalue weighted by Gasteiger charge is -2.34. The number of nitrogens with zero attached hydrogens (tertiary/aromatic N) is 7. The molecule has 3 aliphatic rings. The van der Waals surface area contributed by atoms with Crippen LogP contribution in [0.2, 0.25) is 0 Å². The molecule has 0 unspecified atom stereocenters. The molecule has 3 aromatic rings. The Hall–Kier alpha value is -2.94. The molecule has 6 rings (SSSR count). The summed E-state index contributed by atoms with van der Waals surface area (Å²) in [6, 6.07) is 2.65. The van der Waals surface area contributed by atoms with Crippen molar-refractivity contribution in [2.24, 2.45) is 5.73 Å². The molecule has 0 spiro atoms. The minimum Gasteiger partial charge on any atom is -0.355 e. The van der Waals surface area contributed by atoms with Gasteiger partial charge >= 0.3 is 0 Å². The van der Waals surface area contributed by atoms with Crippen LogP contribution in [-0.4, -0.2) is 60.9 Å². The van der Waals surface area contributed by atoms with Gasteiger partial charge in [0.1, 0.15) is 5.82 Å². The number of rotatable bonds is 4. The molecule has 1 saturated carbocycles. The summed E-state index contributed by atoms with van der Waals surface area (Å²) in [5, 5.41) is 9.41. The van der Waals surface area contributed by atoms with Crippen LogP contribution >= 0.6 is 0 Å². The number of hydrogen-bond acceptors (Lipinski definition) is 6. The van der Waals surface area contributed by atoms with Gasteiger partial charge in [0.15, 0.2) is 5.65 Å². The van der Waals surface area contributed by atoms with Crippen LogP contribution in [0.25, 0.3) is 5.65 Å². The van der Waals surface area contributed by atoms with Crippen molar-refractivity contribution >= 4 is 17.4 Å². The van der Waals surface area contributed by atoms with E-state index in [1.54, 1.807) is 6.20 Å². The fourth-order valence-corrected chi connectivity index (χ4v) is 5.95. The molecule has 0 bridgehead atoms. The Morgan fingerprint density at radius 1 is 1.06 bits per heavy atom. The second-order valence-corrected chi connectivity index (χ2v) is 10.3. The highest BCUT2D eigenvalue weighted by Gasteiger charge is 2.32. The first-order chi connectivity index (χ1) is 16.6. The van der Waals surface area contributed by atoms with E-state index in [1.807, 2.05) is 26.5 Å². The van der Waals surface area contributed by atoms with Gasteiger partial charge in [-0.25, -0.2) is 9.50 Å². The van der Waals surface area contributed by atoms with Crippen molar-refractivity contribution in [2.45, 2.75) is 76.4 Å². The van der Waals surface area contributed by atoms with Gasteiger partial charge in [-0.15, -0.1) is 0 Å². The largest absolute Gasteiger partial charge is 0.355 e. The molecule has 5 heterocycles. The molecule has 2 aliphatic heterocycles. The molecule has 2 saturated heterocycles. The zero-order chi connectivity index (χ0) is 23.2. The minimum absolute atomic E-state index is 0.0401. The highest BCUT2D eigenvalue weighted by molar-refractivity contribution is 5.94. The van der Waals surface area contributed by atoms with Crippen LogP contribution in [0.15, 0.2) is 24.7 Å². The molecule has 3 fully saturated rings. The maximum atomic E-state index is 13.5. The third kappa shape index (κ3) is 3.85. The molecule has 3 aromatic heterocycles. The summed E-state index contributed by atoms with van der Waals surface area (Å²) < 4.78 is 3.86. The van der Waals surface area contributed by atoms with Crippen LogP contribution in [-0.2, 0) is 0 Å². The number of aryl methyl sites for hydroxylation is 1. The number of hydrogen-bond donors (Lipinski definition) is 1. The summed E-state index contributed by atoms with van der Waals surface area (Å²) in [6.45, 7) is 4.59. The van der Waals surface area contributed by atoms with Crippen molar-refractivity contribution in [1.29, 1.82) is 0 Å². The van der Waals surface area contributed by atoms with Crippen molar-refractivity contribution in [2.75, 3.05) is 24.5 Å². The van der Waals surface area contributed by atoms with E-state index in [-0.39, 0.29) is 18.0 Å². The highest BCUT2D eigenvalue weighted by Crippen LogP contribution is 2.33. The first kappa shape index (κ1) is 21.6. The maximum Gasteiger partial charge on any atom is 0.257 e. The molecular weight excluding hydrogens is 428 g/mol. The number of amides is 1.